The van der Waals surface area contributed by atoms with Gasteiger partial charge in [0, 0.05) is 30.9 Å². The molecule has 0 bridgehead atoms. The standard InChI is InChI=1S/C18H24N4O2/c1-13(2)12-16(23)22-11-5-3-4-6-15(22)18-20-17(21-24-18)14-7-9-19-10-8-14/h7-10,13,15H,3-6,11-12H2,1-2H3. The maximum atomic E-state index is 12.6. The van der Waals surface area contributed by atoms with E-state index in [-0.39, 0.29) is 11.9 Å². The molecule has 0 aliphatic carbocycles. The number of likely N-dealkylation sites (tertiary alicyclic amines) is 1. The Labute approximate surface area is 142 Å². The number of aromatic nitrogens is 3. The van der Waals surface area contributed by atoms with Crippen molar-refractivity contribution in [1.82, 2.24) is 20.0 Å². The highest BCUT2D eigenvalue weighted by molar-refractivity contribution is 5.76. The molecule has 3 rings (SSSR count). The molecule has 1 fully saturated rings. The highest BCUT2D eigenvalue weighted by Crippen LogP contribution is 2.31. The molecule has 0 aromatic carbocycles. The second-order valence-corrected chi connectivity index (χ2v) is 6.74. The second-order valence-electron chi connectivity index (χ2n) is 6.74. The van der Waals surface area contributed by atoms with Gasteiger partial charge >= 0.3 is 0 Å². The van der Waals surface area contributed by atoms with Crippen molar-refractivity contribution in [3.8, 4) is 11.4 Å². The van der Waals surface area contributed by atoms with Crippen molar-refractivity contribution < 1.29 is 9.32 Å². The van der Waals surface area contributed by atoms with Crippen LogP contribution >= 0.6 is 0 Å². The summed E-state index contributed by atoms with van der Waals surface area (Å²) in [5.74, 6) is 1.62. The van der Waals surface area contributed by atoms with Crippen LogP contribution in [-0.4, -0.2) is 32.5 Å². The van der Waals surface area contributed by atoms with Crippen LogP contribution in [0.4, 0.5) is 0 Å². The molecule has 6 nitrogen and oxygen atoms in total. The van der Waals surface area contributed by atoms with E-state index < -0.39 is 0 Å². The molecule has 0 saturated carbocycles. The normalized spacial score (nSPS) is 18.6. The molecule has 1 amide bonds. The smallest absolute Gasteiger partial charge is 0.249 e. The van der Waals surface area contributed by atoms with Gasteiger partial charge < -0.3 is 9.42 Å². The maximum Gasteiger partial charge on any atom is 0.249 e. The quantitative estimate of drug-likeness (QED) is 0.857. The summed E-state index contributed by atoms with van der Waals surface area (Å²) in [6.07, 6.45) is 8.08. The summed E-state index contributed by atoms with van der Waals surface area (Å²) in [6, 6.07) is 3.59. The Bertz CT molecular complexity index is 669. The second kappa shape index (κ2) is 7.55. The lowest BCUT2D eigenvalue weighted by Crippen LogP contribution is -2.35. The van der Waals surface area contributed by atoms with Crippen LogP contribution in [-0.2, 0) is 4.79 Å². The first-order valence-electron chi connectivity index (χ1n) is 8.68. The summed E-state index contributed by atoms with van der Waals surface area (Å²) in [7, 11) is 0. The summed E-state index contributed by atoms with van der Waals surface area (Å²) in [4.78, 5) is 23.2. The fourth-order valence-electron chi connectivity index (χ4n) is 3.12. The van der Waals surface area contributed by atoms with Crippen molar-refractivity contribution >= 4 is 5.91 Å². The van der Waals surface area contributed by atoms with Gasteiger partial charge in [0.2, 0.25) is 17.6 Å². The van der Waals surface area contributed by atoms with Crippen LogP contribution in [0.2, 0.25) is 0 Å². The first-order chi connectivity index (χ1) is 11.6. The van der Waals surface area contributed by atoms with E-state index in [1.807, 2.05) is 17.0 Å². The van der Waals surface area contributed by atoms with E-state index in [4.69, 9.17) is 4.52 Å². The number of hydrogen-bond acceptors (Lipinski definition) is 5. The Morgan fingerprint density at radius 1 is 1.29 bits per heavy atom. The van der Waals surface area contributed by atoms with Gasteiger partial charge in [0.15, 0.2) is 0 Å². The molecule has 0 N–H and O–H groups in total. The Balaban J connectivity index is 1.84. The van der Waals surface area contributed by atoms with E-state index >= 15 is 0 Å². The molecular weight excluding hydrogens is 304 g/mol. The molecule has 2 aromatic rings. The number of hydrogen-bond donors (Lipinski definition) is 0. The Morgan fingerprint density at radius 3 is 2.83 bits per heavy atom. The third kappa shape index (κ3) is 3.80. The molecule has 1 atom stereocenters. The van der Waals surface area contributed by atoms with Crippen LogP contribution in [0.5, 0.6) is 0 Å². The van der Waals surface area contributed by atoms with E-state index in [9.17, 15) is 4.79 Å². The Kier molecular flexibility index (Phi) is 5.23. The third-order valence-electron chi connectivity index (χ3n) is 4.32. The van der Waals surface area contributed by atoms with Crippen molar-refractivity contribution in [2.45, 2.75) is 52.0 Å². The van der Waals surface area contributed by atoms with Crippen LogP contribution in [0, 0.1) is 5.92 Å². The number of nitrogens with zero attached hydrogens (tertiary/aromatic N) is 4. The number of pyridine rings is 1. The van der Waals surface area contributed by atoms with Gasteiger partial charge in [0.25, 0.3) is 0 Å². The molecular formula is C18H24N4O2. The molecule has 1 aliphatic rings. The number of carbonyl (C=O) groups is 1. The fraction of sp³-hybridized carbons (Fsp3) is 0.556. The molecule has 1 saturated heterocycles. The van der Waals surface area contributed by atoms with Crippen LogP contribution < -0.4 is 0 Å². The largest absolute Gasteiger partial charge is 0.337 e. The van der Waals surface area contributed by atoms with Gasteiger partial charge in [0.1, 0.15) is 6.04 Å². The van der Waals surface area contributed by atoms with Crippen LogP contribution in [0.3, 0.4) is 0 Å². The maximum absolute atomic E-state index is 12.6. The summed E-state index contributed by atoms with van der Waals surface area (Å²) < 4.78 is 5.52. The third-order valence-corrected chi connectivity index (χ3v) is 4.32. The molecule has 0 spiro atoms. The molecule has 2 aromatic heterocycles. The van der Waals surface area contributed by atoms with E-state index in [1.165, 1.54) is 0 Å². The van der Waals surface area contributed by atoms with Gasteiger partial charge in [-0.2, -0.15) is 4.98 Å². The van der Waals surface area contributed by atoms with E-state index in [0.29, 0.717) is 24.1 Å². The Morgan fingerprint density at radius 2 is 2.08 bits per heavy atom. The van der Waals surface area contributed by atoms with Gasteiger partial charge in [-0.3, -0.25) is 9.78 Å². The lowest BCUT2D eigenvalue weighted by molar-refractivity contribution is -0.135. The summed E-state index contributed by atoms with van der Waals surface area (Å²) in [6.45, 7) is 4.90. The van der Waals surface area contributed by atoms with Crippen LogP contribution in [0.1, 0.15) is 57.9 Å². The van der Waals surface area contributed by atoms with Crippen molar-refractivity contribution in [1.29, 1.82) is 0 Å². The lowest BCUT2D eigenvalue weighted by atomic mass is 10.1. The highest BCUT2D eigenvalue weighted by atomic mass is 16.5. The van der Waals surface area contributed by atoms with E-state index in [2.05, 4.69) is 29.0 Å². The van der Waals surface area contributed by atoms with Crippen LogP contribution in [0.25, 0.3) is 11.4 Å². The minimum Gasteiger partial charge on any atom is -0.337 e. The number of carbonyl (C=O) groups excluding carboxylic acids is 1. The molecule has 1 aliphatic heterocycles. The topological polar surface area (TPSA) is 72.1 Å². The van der Waals surface area contributed by atoms with Crippen molar-refractivity contribution in [2.75, 3.05) is 6.54 Å². The first kappa shape index (κ1) is 16.6. The van der Waals surface area contributed by atoms with Gasteiger partial charge in [-0.05, 0) is 30.9 Å². The van der Waals surface area contributed by atoms with Crippen molar-refractivity contribution in [3.05, 3.63) is 30.4 Å². The van der Waals surface area contributed by atoms with E-state index in [0.717, 1.165) is 37.8 Å². The zero-order chi connectivity index (χ0) is 16.9. The van der Waals surface area contributed by atoms with Gasteiger partial charge in [-0.25, -0.2) is 0 Å². The van der Waals surface area contributed by atoms with Gasteiger partial charge in [-0.1, -0.05) is 31.8 Å². The minimum atomic E-state index is -0.109. The van der Waals surface area contributed by atoms with E-state index in [1.54, 1.807) is 12.4 Å². The van der Waals surface area contributed by atoms with Gasteiger partial charge in [-0.15, -0.1) is 0 Å². The average molecular weight is 328 g/mol. The van der Waals surface area contributed by atoms with Crippen molar-refractivity contribution in [2.24, 2.45) is 5.92 Å². The fourth-order valence-corrected chi connectivity index (χ4v) is 3.12. The molecule has 6 heteroatoms. The van der Waals surface area contributed by atoms with Crippen molar-refractivity contribution in [3.63, 3.8) is 0 Å². The molecule has 3 heterocycles. The zero-order valence-electron chi connectivity index (χ0n) is 14.3. The molecule has 128 valence electrons. The zero-order valence-corrected chi connectivity index (χ0v) is 14.3. The molecule has 0 radical (unpaired) electrons. The summed E-state index contributed by atoms with van der Waals surface area (Å²) >= 11 is 0. The Hall–Kier alpha value is -2.24. The molecule has 1 unspecified atom stereocenters. The van der Waals surface area contributed by atoms with Crippen LogP contribution in [0.15, 0.2) is 29.0 Å². The summed E-state index contributed by atoms with van der Waals surface area (Å²) in [5.41, 5.74) is 0.869. The first-order valence-corrected chi connectivity index (χ1v) is 8.68. The highest BCUT2D eigenvalue weighted by Gasteiger charge is 2.31. The van der Waals surface area contributed by atoms with Gasteiger partial charge in [0.05, 0.1) is 0 Å². The minimum absolute atomic E-state index is 0.109. The predicted octanol–water partition coefficient (Wildman–Crippen LogP) is 3.62. The average Bonchev–Trinajstić information content (AvgIpc) is 2.93. The number of rotatable bonds is 4. The monoisotopic (exact) mass is 328 g/mol. The predicted molar refractivity (Wildman–Crippen MR) is 89.9 cm³/mol. The number of amides is 1. The SMILES string of the molecule is CC(C)CC(=O)N1CCCCCC1c1nc(-c2ccncc2)no1. The lowest BCUT2D eigenvalue weighted by Gasteiger charge is -2.28. The summed E-state index contributed by atoms with van der Waals surface area (Å²) in [5, 5.41) is 4.10. The molecule has 24 heavy (non-hydrogen) atoms.